The SMILES string of the molecule is [NH3+]CCCSC[C@H]1O[C@@H](n2nnc3c(=O)[nH]cnc32)[C@H](O)[C@@H]1O. The smallest absolute Gasteiger partial charge is 0.280 e. The van der Waals surface area contributed by atoms with E-state index in [0.29, 0.717) is 5.75 Å². The third kappa shape index (κ3) is 3.10. The van der Waals surface area contributed by atoms with Gasteiger partial charge in [0.15, 0.2) is 17.4 Å². The molecule has 11 heteroatoms. The highest BCUT2D eigenvalue weighted by molar-refractivity contribution is 7.99. The Balaban J connectivity index is 1.77. The van der Waals surface area contributed by atoms with Gasteiger partial charge in [0.25, 0.3) is 5.56 Å². The first-order valence-electron chi connectivity index (χ1n) is 7.30. The summed E-state index contributed by atoms with van der Waals surface area (Å²) in [4.78, 5) is 18.1. The lowest BCUT2D eigenvalue weighted by molar-refractivity contribution is -0.367. The van der Waals surface area contributed by atoms with Crippen molar-refractivity contribution in [1.29, 1.82) is 0 Å². The summed E-state index contributed by atoms with van der Waals surface area (Å²) >= 11 is 1.63. The maximum atomic E-state index is 11.6. The summed E-state index contributed by atoms with van der Waals surface area (Å²) in [6.07, 6.45) is -1.43. The van der Waals surface area contributed by atoms with Gasteiger partial charge in [-0.1, -0.05) is 5.21 Å². The number of aliphatic hydroxyl groups is 2. The number of fused-ring (bicyclic) bond motifs is 1. The number of aliphatic hydroxyl groups excluding tert-OH is 2. The first kappa shape index (κ1) is 16.3. The maximum absolute atomic E-state index is 11.6. The molecule has 0 saturated carbocycles. The summed E-state index contributed by atoms with van der Waals surface area (Å²) in [7, 11) is 0. The van der Waals surface area contributed by atoms with Crippen LogP contribution in [0.15, 0.2) is 11.1 Å². The van der Waals surface area contributed by atoms with Gasteiger partial charge in [-0.3, -0.25) is 4.79 Å². The van der Waals surface area contributed by atoms with Crippen LogP contribution in [0.25, 0.3) is 11.2 Å². The molecule has 4 atom stereocenters. The number of nitrogens with one attached hydrogen (secondary N) is 1. The number of hydrogen-bond donors (Lipinski definition) is 4. The molecule has 126 valence electrons. The molecule has 0 bridgehead atoms. The highest BCUT2D eigenvalue weighted by Crippen LogP contribution is 2.31. The molecule has 1 aliphatic rings. The number of H-pyrrole nitrogens is 1. The van der Waals surface area contributed by atoms with Gasteiger partial charge in [-0.2, -0.15) is 16.4 Å². The Hall–Kier alpha value is -1.53. The Morgan fingerprint density at radius 1 is 1.43 bits per heavy atom. The zero-order chi connectivity index (χ0) is 16.4. The molecule has 1 aliphatic heterocycles. The number of thioether (sulfide) groups is 1. The van der Waals surface area contributed by atoms with Crippen molar-refractivity contribution in [2.75, 3.05) is 18.1 Å². The first-order chi connectivity index (χ1) is 11.1. The molecule has 0 radical (unpaired) electrons. The molecule has 3 heterocycles. The molecular weight excluding hydrogens is 324 g/mol. The van der Waals surface area contributed by atoms with Crippen LogP contribution in [0.5, 0.6) is 0 Å². The summed E-state index contributed by atoms with van der Waals surface area (Å²) in [6, 6.07) is 0. The van der Waals surface area contributed by atoms with Crippen molar-refractivity contribution in [3.05, 3.63) is 16.7 Å². The number of nitrogens with zero attached hydrogens (tertiary/aromatic N) is 4. The molecule has 3 rings (SSSR count). The fourth-order valence-corrected chi connectivity index (χ4v) is 3.50. The molecule has 10 nitrogen and oxygen atoms in total. The van der Waals surface area contributed by atoms with E-state index >= 15 is 0 Å². The zero-order valence-electron chi connectivity index (χ0n) is 12.3. The van der Waals surface area contributed by atoms with Gasteiger partial charge < -0.3 is 25.7 Å². The van der Waals surface area contributed by atoms with E-state index in [9.17, 15) is 15.0 Å². The monoisotopic (exact) mass is 343 g/mol. The predicted molar refractivity (Wildman–Crippen MR) is 81.6 cm³/mol. The average molecular weight is 343 g/mol. The average Bonchev–Trinajstić information content (AvgIpc) is 3.09. The van der Waals surface area contributed by atoms with Crippen LogP contribution in [0.3, 0.4) is 0 Å². The minimum Gasteiger partial charge on any atom is -0.387 e. The van der Waals surface area contributed by atoms with E-state index in [0.717, 1.165) is 18.7 Å². The fourth-order valence-electron chi connectivity index (χ4n) is 2.42. The molecule has 0 aliphatic carbocycles. The highest BCUT2D eigenvalue weighted by Gasteiger charge is 2.44. The van der Waals surface area contributed by atoms with Gasteiger partial charge in [0.2, 0.25) is 0 Å². The Morgan fingerprint density at radius 2 is 2.26 bits per heavy atom. The van der Waals surface area contributed by atoms with E-state index in [4.69, 9.17) is 4.74 Å². The summed E-state index contributed by atoms with van der Waals surface area (Å²) in [5.74, 6) is 1.47. The van der Waals surface area contributed by atoms with Gasteiger partial charge in [-0.05, 0) is 5.75 Å². The van der Waals surface area contributed by atoms with Crippen molar-refractivity contribution in [2.45, 2.75) is 31.0 Å². The third-order valence-electron chi connectivity index (χ3n) is 3.67. The second kappa shape index (κ2) is 6.93. The summed E-state index contributed by atoms with van der Waals surface area (Å²) in [6.45, 7) is 0.859. The normalized spacial score (nSPS) is 27.8. The van der Waals surface area contributed by atoms with Gasteiger partial charge in [-0.15, -0.1) is 5.10 Å². The van der Waals surface area contributed by atoms with Crippen molar-refractivity contribution in [3.8, 4) is 0 Å². The van der Waals surface area contributed by atoms with Gasteiger partial charge in [0.05, 0.1) is 19.0 Å². The zero-order valence-corrected chi connectivity index (χ0v) is 13.1. The number of aromatic amines is 1. The Labute approximate surface area is 135 Å². The van der Waals surface area contributed by atoms with Crippen LogP contribution in [-0.2, 0) is 4.74 Å². The van der Waals surface area contributed by atoms with E-state index < -0.39 is 30.1 Å². The second-order valence-corrected chi connectivity index (χ2v) is 6.42. The van der Waals surface area contributed by atoms with Crippen molar-refractivity contribution >= 4 is 22.9 Å². The molecule has 6 N–H and O–H groups in total. The third-order valence-corrected chi connectivity index (χ3v) is 4.81. The Kier molecular flexibility index (Phi) is 4.92. The van der Waals surface area contributed by atoms with Crippen molar-refractivity contribution < 1.29 is 20.7 Å². The van der Waals surface area contributed by atoms with Crippen molar-refractivity contribution in [3.63, 3.8) is 0 Å². The molecule has 23 heavy (non-hydrogen) atoms. The molecule has 1 saturated heterocycles. The van der Waals surface area contributed by atoms with Crippen LogP contribution in [0, 0.1) is 0 Å². The second-order valence-electron chi connectivity index (χ2n) is 5.27. The van der Waals surface area contributed by atoms with Gasteiger partial charge in [-0.25, -0.2) is 4.98 Å². The lowest BCUT2D eigenvalue weighted by Gasteiger charge is -2.14. The largest absolute Gasteiger partial charge is 0.387 e. The van der Waals surface area contributed by atoms with E-state index in [1.54, 1.807) is 11.8 Å². The fraction of sp³-hybridized carbons (Fsp3) is 0.667. The van der Waals surface area contributed by atoms with E-state index in [1.165, 1.54) is 11.0 Å². The standard InChI is InChI=1S/C12H18N6O4S/c13-2-1-3-23-4-6-8(19)9(20)12(22-6)18-10-7(16-17-18)11(21)15-5-14-10/h5-6,8-9,12,19-20H,1-4,13H2,(H,14,15,21)/p+1/t6-,8-,9-,12-/m1/s1. The van der Waals surface area contributed by atoms with Crippen LogP contribution in [0.1, 0.15) is 12.6 Å². The molecule has 2 aromatic heterocycles. The molecule has 0 amide bonds. The molecule has 2 aromatic rings. The van der Waals surface area contributed by atoms with Crippen molar-refractivity contribution in [1.82, 2.24) is 25.0 Å². The first-order valence-corrected chi connectivity index (χ1v) is 8.46. The van der Waals surface area contributed by atoms with Gasteiger partial charge >= 0.3 is 0 Å². The van der Waals surface area contributed by atoms with E-state index in [2.05, 4.69) is 26.0 Å². The quantitative estimate of drug-likeness (QED) is 0.420. The molecule has 1 fully saturated rings. The molecular formula is C12H19N6O4S+. The van der Waals surface area contributed by atoms with E-state index in [1.807, 2.05) is 0 Å². The Bertz CT molecular complexity index is 721. The summed E-state index contributed by atoms with van der Waals surface area (Å²) in [5.41, 5.74) is 3.62. The molecule has 0 unspecified atom stereocenters. The predicted octanol–water partition coefficient (Wildman–Crippen LogP) is -2.50. The van der Waals surface area contributed by atoms with Gasteiger partial charge in [0, 0.05) is 12.2 Å². The maximum Gasteiger partial charge on any atom is 0.280 e. The lowest BCUT2D eigenvalue weighted by Crippen LogP contribution is -2.50. The Morgan fingerprint density at radius 3 is 3.04 bits per heavy atom. The molecule has 0 spiro atoms. The minimum atomic E-state index is -1.17. The van der Waals surface area contributed by atoms with Crippen LogP contribution in [-0.4, -0.2) is 71.5 Å². The van der Waals surface area contributed by atoms with Gasteiger partial charge in [0.1, 0.15) is 12.2 Å². The number of aromatic nitrogens is 5. The summed E-state index contributed by atoms with van der Waals surface area (Å²) < 4.78 is 6.97. The van der Waals surface area contributed by atoms with Crippen LogP contribution >= 0.6 is 11.8 Å². The van der Waals surface area contributed by atoms with Crippen LogP contribution in [0.2, 0.25) is 0 Å². The number of ether oxygens (including phenoxy) is 1. The topological polar surface area (TPSA) is 154 Å². The van der Waals surface area contributed by atoms with Crippen LogP contribution in [0.4, 0.5) is 0 Å². The van der Waals surface area contributed by atoms with E-state index in [-0.39, 0.29) is 11.2 Å². The van der Waals surface area contributed by atoms with Crippen LogP contribution < -0.4 is 11.3 Å². The minimum absolute atomic E-state index is 0.0612. The molecule has 0 aromatic carbocycles. The number of hydrogen-bond acceptors (Lipinski definition) is 8. The summed E-state index contributed by atoms with van der Waals surface area (Å²) in [5, 5.41) is 28.0. The lowest BCUT2D eigenvalue weighted by atomic mass is 10.1. The number of quaternary nitrogens is 1. The highest BCUT2D eigenvalue weighted by atomic mass is 32.2. The van der Waals surface area contributed by atoms with Crippen molar-refractivity contribution in [2.24, 2.45) is 0 Å². The number of rotatable bonds is 6.